The molecule has 0 aromatic heterocycles. The summed E-state index contributed by atoms with van der Waals surface area (Å²) in [5.41, 5.74) is 0. The molecule has 0 saturated carbocycles. The maximum atomic E-state index is 10.6. The van der Waals surface area contributed by atoms with Crippen LogP contribution in [-0.4, -0.2) is 34.8 Å². The van der Waals surface area contributed by atoms with Gasteiger partial charge >= 0.3 is 0 Å². The van der Waals surface area contributed by atoms with Gasteiger partial charge in [0.15, 0.2) is 5.12 Å². The highest BCUT2D eigenvalue weighted by molar-refractivity contribution is 8.14. The minimum atomic E-state index is -0.0492. The molecule has 0 unspecified atom stereocenters. The average molecular weight is 176 g/mol. The van der Waals surface area contributed by atoms with Crippen molar-refractivity contribution in [2.75, 3.05) is 13.2 Å². The Bertz CT molecular complexity index is 149. The molecule has 1 aliphatic rings. The molecule has 1 saturated heterocycles. The summed E-state index contributed by atoms with van der Waals surface area (Å²) in [4.78, 5) is 10.6. The first-order valence-corrected chi connectivity index (χ1v) is 4.50. The Morgan fingerprint density at radius 2 is 2.55 bits per heavy atom. The Hall–Kier alpha value is -0.0600. The van der Waals surface area contributed by atoms with Crippen LogP contribution in [0.3, 0.4) is 0 Å². The molecule has 1 aliphatic heterocycles. The van der Waals surface area contributed by atoms with Gasteiger partial charge in [-0.25, -0.2) is 0 Å². The van der Waals surface area contributed by atoms with Gasteiger partial charge in [0, 0.05) is 12.2 Å². The summed E-state index contributed by atoms with van der Waals surface area (Å²) in [5.74, 6) is 0. The SMILES string of the molecule is CC(=O)S[C@@H]1CO[C@H](CO)C1. The third kappa shape index (κ3) is 2.81. The molecule has 0 aromatic carbocycles. The highest BCUT2D eigenvalue weighted by Gasteiger charge is 2.26. The minimum Gasteiger partial charge on any atom is -0.394 e. The van der Waals surface area contributed by atoms with Gasteiger partial charge in [-0.05, 0) is 6.42 Å². The van der Waals surface area contributed by atoms with E-state index in [4.69, 9.17) is 9.84 Å². The number of carbonyl (C=O) groups excluding carboxylic acids is 1. The molecule has 0 aliphatic carbocycles. The lowest BCUT2D eigenvalue weighted by molar-refractivity contribution is -0.109. The fourth-order valence-electron chi connectivity index (χ4n) is 1.12. The lowest BCUT2D eigenvalue weighted by Crippen LogP contribution is -2.10. The molecule has 0 aromatic rings. The summed E-state index contributed by atoms with van der Waals surface area (Å²) in [7, 11) is 0. The molecular weight excluding hydrogens is 164 g/mol. The van der Waals surface area contributed by atoms with Crippen molar-refractivity contribution >= 4 is 16.9 Å². The highest BCUT2D eigenvalue weighted by Crippen LogP contribution is 2.24. The van der Waals surface area contributed by atoms with Crippen molar-refractivity contribution in [3.8, 4) is 0 Å². The third-order valence-electron chi connectivity index (χ3n) is 1.58. The monoisotopic (exact) mass is 176 g/mol. The summed E-state index contributed by atoms with van der Waals surface area (Å²) in [6.07, 6.45) is 0.743. The molecule has 64 valence electrons. The van der Waals surface area contributed by atoms with Crippen LogP contribution in [0.2, 0.25) is 0 Å². The van der Waals surface area contributed by atoms with Crippen molar-refractivity contribution < 1.29 is 14.6 Å². The quantitative estimate of drug-likeness (QED) is 0.662. The van der Waals surface area contributed by atoms with Crippen LogP contribution >= 0.6 is 11.8 Å². The molecule has 1 heterocycles. The standard InChI is InChI=1S/C7H12O3S/c1-5(9)11-7-2-6(3-8)10-4-7/h6-8H,2-4H2,1H3/t6-,7-/m0/s1. The van der Waals surface area contributed by atoms with Gasteiger partial charge < -0.3 is 9.84 Å². The van der Waals surface area contributed by atoms with E-state index >= 15 is 0 Å². The van der Waals surface area contributed by atoms with Crippen molar-refractivity contribution in [1.29, 1.82) is 0 Å². The van der Waals surface area contributed by atoms with E-state index in [9.17, 15) is 4.79 Å². The van der Waals surface area contributed by atoms with E-state index < -0.39 is 0 Å². The molecule has 0 bridgehead atoms. The van der Waals surface area contributed by atoms with Gasteiger partial charge in [-0.2, -0.15) is 0 Å². The van der Waals surface area contributed by atoms with Crippen molar-refractivity contribution in [3.05, 3.63) is 0 Å². The Balaban J connectivity index is 2.24. The van der Waals surface area contributed by atoms with E-state index in [1.54, 1.807) is 6.92 Å². The predicted octanol–water partition coefficient (Wildman–Crippen LogP) is 0.416. The number of hydrogen-bond acceptors (Lipinski definition) is 4. The smallest absolute Gasteiger partial charge is 0.186 e. The maximum absolute atomic E-state index is 10.6. The zero-order valence-electron chi connectivity index (χ0n) is 6.45. The average Bonchev–Trinajstić information content (AvgIpc) is 2.34. The second kappa shape index (κ2) is 4.09. The van der Waals surface area contributed by atoms with Crippen LogP contribution in [0.1, 0.15) is 13.3 Å². The molecule has 2 atom stereocenters. The van der Waals surface area contributed by atoms with Crippen LogP contribution in [0.5, 0.6) is 0 Å². The molecule has 1 N–H and O–H groups in total. The van der Waals surface area contributed by atoms with E-state index in [2.05, 4.69) is 0 Å². The van der Waals surface area contributed by atoms with E-state index in [-0.39, 0.29) is 23.1 Å². The maximum Gasteiger partial charge on any atom is 0.186 e. The molecule has 11 heavy (non-hydrogen) atoms. The molecule has 1 fully saturated rings. The summed E-state index contributed by atoms with van der Waals surface area (Å²) in [5, 5.41) is 9.08. The van der Waals surface area contributed by atoms with Crippen LogP contribution in [-0.2, 0) is 9.53 Å². The van der Waals surface area contributed by atoms with E-state index in [0.29, 0.717) is 6.61 Å². The topological polar surface area (TPSA) is 46.5 Å². The van der Waals surface area contributed by atoms with E-state index in [0.717, 1.165) is 6.42 Å². The normalized spacial score (nSPS) is 30.7. The number of hydrogen-bond donors (Lipinski definition) is 1. The Morgan fingerprint density at radius 3 is 3.00 bits per heavy atom. The first-order valence-electron chi connectivity index (χ1n) is 3.62. The summed E-state index contributed by atoms with van der Waals surface area (Å²) >= 11 is 1.31. The minimum absolute atomic E-state index is 0.0492. The van der Waals surface area contributed by atoms with Gasteiger partial charge in [-0.3, -0.25) is 4.79 Å². The summed E-state index contributed by atoms with van der Waals surface area (Å²) in [6.45, 7) is 2.21. The summed E-state index contributed by atoms with van der Waals surface area (Å²) < 4.78 is 5.19. The van der Waals surface area contributed by atoms with Crippen molar-refractivity contribution in [3.63, 3.8) is 0 Å². The Labute approximate surface area is 70.1 Å². The highest BCUT2D eigenvalue weighted by atomic mass is 32.2. The number of aliphatic hydroxyl groups is 1. The second-order valence-electron chi connectivity index (χ2n) is 2.61. The van der Waals surface area contributed by atoms with E-state index in [1.165, 1.54) is 11.8 Å². The lowest BCUT2D eigenvalue weighted by atomic mass is 10.2. The number of carbonyl (C=O) groups is 1. The van der Waals surface area contributed by atoms with Crippen LogP contribution in [0.15, 0.2) is 0 Å². The Morgan fingerprint density at radius 1 is 1.82 bits per heavy atom. The van der Waals surface area contributed by atoms with Gasteiger partial charge in [-0.15, -0.1) is 0 Å². The first kappa shape index (κ1) is 9.03. The zero-order chi connectivity index (χ0) is 8.27. The van der Waals surface area contributed by atoms with Gasteiger partial charge in [0.1, 0.15) is 0 Å². The molecule has 0 amide bonds. The van der Waals surface area contributed by atoms with Crippen molar-refractivity contribution in [2.45, 2.75) is 24.7 Å². The fraction of sp³-hybridized carbons (Fsp3) is 0.857. The molecular formula is C7H12O3S. The van der Waals surface area contributed by atoms with E-state index in [1.807, 2.05) is 0 Å². The summed E-state index contributed by atoms with van der Waals surface area (Å²) in [6, 6.07) is 0. The van der Waals surface area contributed by atoms with Gasteiger partial charge in [-0.1, -0.05) is 11.8 Å². The van der Waals surface area contributed by atoms with Gasteiger partial charge in [0.2, 0.25) is 0 Å². The zero-order valence-corrected chi connectivity index (χ0v) is 7.26. The number of ether oxygens (including phenoxy) is 1. The largest absolute Gasteiger partial charge is 0.394 e. The van der Waals surface area contributed by atoms with Crippen LogP contribution in [0, 0.1) is 0 Å². The molecule has 3 nitrogen and oxygen atoms in total. The predicted molar refractivity (Wildman–Crippen MR) is 43.5 cm³/mol. The van der Waals surface area contributed by atoms with Crippen LogP contribution < -0.4 is 0 Å². The van der Waals surface area contributed by atoms with Gasteiger partial charge in [0.25, 0.3) is 0 Å². The van der Waals surface area contributed by atoms with Gasteiger partial charge in [0.05, 0.1) is 19.3 Å². The Kier molecular flexibility index (Phi) is 3.36. The number of rotatable bonds is 2. The lowest BCUT2D eigenvalue weighted by Gasteiger charge is -2.02. The molecule has 0 spiro atoms. The number of thioether (sulfide) groups is 1. The molecule has 0 radical (unpaired) electrons. The van der Waals surface area contributed by atoms with Crippen molar-refractivity contribution in [2.24, 2.45) is 0 Å². The van der Waals surface area contributed by atoms with Crippen molar-refractivity contribution in [1.82, 2.24) is 0 Å². The molecule has 4 heteroatoms. The molecule has 1 rings (SSSR count). The second-order valence-corrected chi connectivity index (χ2v) is 4.08. The third-order valence-corrected chi connectivity index (χ3v) is 2.57. The fourth-order valence-corrected chi connectivity index (χ4v) is 2.04. The van der Waals surface area contributed by atoms with Crippen LogP contribution in [0.4, 0.5) is 0 Å². The van der Waals surface area contributed by atoms with Crippen LogP contribution in [0.25, 0.3) is 0 Å². The number of aliphatic hydroxyl groups excluding tert-OH is 1. The first-order chi connectivity index (χ1) is 5.22.